The molecule has 0 saturated carbocycles. The van der Waals surface area contributed by atoms with E-state index in [4.69, 9.17) is 9.15 Å². The van der Waals surface area contributed by atoms with Crippen molar-refractivity contribution in [2.24, 2.45) is 0 Å². The van der Waals surface area contributed by atoms with Gasteiger partial charge in [0.15, 0.2) is 0 Å². The van der Waals surface area contributed by atoms with Crippen molar-refractivity contribution in [1.29, 1.82) is 0 Å². The number of hydrogen-bond donors (Lipinski definition) is 0. The predicted molar refractivity (Wildman–Crippen MR) is 125 cm³/mol. The lowest BCUT2D eigenvalue weighted by Gasteiger charge is -2.08. The second-order valence-corrected chi connectivity index (χ2v) is 7.97. The summed E-state index contributed by atoms with van der Waals surface area (Å²) in [5.74, 6) is 2.22. The Labute approximate surface area is 191 Å². The number of aryl methyl sites for hydroxylation is 1. The molecular weight excluding hydrogens is 414 g/mol. The highest BCUT2D eigenvalue weighted by Crippen LogP contribution is 2.22. The first kappa shape index (κ1) is 20.7. The zero-order valence-corrected chi connectivity index (χ0v) is 18.3. The predicted octanol–water partition coefficient (Wildman–Crippen LogP) is 5.23. The number of ether oxygens (including phenoxy) is 1. The van der Waals surface area contributed by atoms with Crippen molar-refractivity contribution in [1.82, 2.24) is 14.6 Å². The summed E-state index contributed by atoms with van der Waals surface area (Å²) >= 11 is 0. The molecule has 33 heavy (non-hydrogen) atoms. The minimum atomic E-state index is 0.148. The van der Waals surface area contributed by atoms with Crippen molar-refractivity contribution < 1.29 is 13.9 Å². The van der Waals surface area contributed by atoms with Gasteiger partial charge in [0.25, 0.3) is 0 Å². The lowest BCUT2D eigenvalue weighted by molar-refractivity contribution is -0.117. The van der Waals surface area contributed by atoms with Crippen LogP contribution in [0.15, 0.2) is 89.5 Å². The molecule has 0 unspecified atom stereocenters. The van der Waals surface area contributed by atoms with Crippen LogP contribution in [0.5, 0.6) is 5.75 Å². The molecule has 5 rings (SSSR count). The van der Waals surface area contributed by atoms with Gasteiger partial charge in [-0.3, -0.25) is 4.79 Å². The Morgan fingerprint density at radius 2 is 1.67 bits per heavy atom. The molecule has 0 spiro atoms. The second-order valence-electron chi connectivity index (χ2n) is 7.97. The Hall–Kier alpha value is -4.19. The first-order valence-corrected chi connectivity index (χ1v) is 10.8. The highest BCUT2D eigenvalue weighted by Gasteiger charge is 2.12. The number of imidazole rings is 1. The van der Waals surface area contributed by atoms with Crippen LogP contribution in [0.25, 0.3) is 17.2 Å². The summed E-state index contributed by atoms with van der Waals surface area (Å²) in [5, 5.41) is 4.44. The third kappa shape index (κ3) is 4.85. The monoisotopic (exact) mass is 437 g/mol. The summed E-state index contributed by atoms with van der Waals surface area (Å²) in [7, 11) is 0. The number of carbonyl (C=O) groups is 1. The van der Waals surface area contributed by atoms with Gasteiger partial charge in [0.1, 0.15) is 24.0 Å². The van der Waals surface area contributed by atoms with Crippen LogP contribution in [0.4, 0.5) is 0 Å². The van der Waals surface area contributed by atoms with Crippen molar-refractivity contribution >= 4 is 11.5 Å². The van der Waals surface area contributed by atoms with Gasteiger partial charge in [0.2, 0.25) is 11.6 Å². The fourth-order valence-corrected chi connectivity index (χ4v) is 3.70. The van der Waals surface area contributed by atoms with E-state index in [2.05, 4.69) is 10.1 Å². The van der Waals surface area contributed by atoms with Crippen LogP contribution < -0.4 is 4.74 Å². The van der Waals surface area contributed by atoms with Gasteiger partial charge in [0, 0.05) is 18.4 Å². The minimum Gasteiger partial charge on any atom is -0.489 e. The first-order valence-electron chi connectivity index (χ1n) is 10.8. The van der Waals surface area contributed by atoms with E-state index < -0.39 is 0 Å². The van der Waals surface area contributed by atoms with E-state index in [-0.39, 0.29) is 5.78 Å². The molecule has 0 amide bonds. The number of Topliss-reactive ketones (excluding diaryl/α,β-unsaturated/α-hetero) is 1. The second kappa shape index (κ2) is 9.12. The number of ketones is 1. The number of carbonyl (C=O) groups excluding carboxylic acids is 1. The van der Waals surface area contributed by atoms with Crippen LogP contribution in [-0.2, 0) is 24.2 Å². The molecule has 3 aromatic carbocycles. The molecule has 5 aromatic rings. The molecule has 6 heteroatoms. The van der Waals surface area contributed by atoms with Gasteiger partial charge in [0.05, 0.1) is 6.20 Å². The van der Waals surface area contributed by atoms with Crippen molar-refractivity contribution in [3.8, 4) is 17.2 Å². The minimum absolute atomic E-state index is 0.148. The van der Waals surface area contributed by atoms with Crippen molar-refractivity contribution in [3.63, 3.8) is 0 Å². The topological polar surface area (TPSA) is 69.6 Å². The fraction of sp³-hybridized carbons (Fsp3) is 0.148. The summed E-state index contributed by atoms with van der Waals surface area (Å²) in [4.78, 5) is 16.8. The van der Waals surface area contributed by atoms with E-state index >= 15 is 0 Å². The van der Waals surface area contributed by atoms with Crippen LogP contribution in [0.1, 0.15) is 22.5 Å². The maximum absolute atomic E-state index is 12.7. The summed E-state index contributed by atoms with van der Waals surface area (Å²) in [6.07, 6.45) is 2.38. The van der Waals surface area contributed by atoms with Gasteiger partial charge in [-0.1, -0.05) is 54.6 Å². The summed E-state index contributed by atoms with van der Waals surface area (Å²) in [6, 6.07) is 25.5. The Morgan fingerprint density at radius 1 is 0.909 bits per heavy atom. The third-order valence-corrected chi connectivity index (χ3v) is 5.42. The molecule has 0 atom stereocenters. The normalized spacial score (nSPS) is 11.1. The Morgan fingerprint density at radius 3 is 2.45 bits per heavy atom. The highest BCUT2D eigenvalue weighted by atomic mass is 16.5. The molecule has 0 aliphatic carbocycles. The molecule has 2 aromatic heterocycles. The first-order chi connectivity index (χ1) is 16.1. The maximum atomic E-state index is 12.7. The Balaban J connectivity index is 1.19. The maximum Gasteiger partial charge on any atom is 0.246 e. The number of benzene rings is 3. The van der Waals surface area contributed by atoms with Crippen molar-refractivity contribution in [2.45, 2.75) is 26.4 Å². The van der Waals surface area contributed by atoms with E-state index in [1.165, 1.54) is 0 Å². The molecule has 0 radical (unpaired) electrons. The van der Waals surface area contributed by atoms with E-state index in [1.807, 2.05) is 85.8 Å². The van der Waals surface area contributed by atoms with Gasteiger partial charge in [-0.15, -0.1) is 5.10 Å². The van der Waals surface area contributed by atoms with Crippen LogP contribution in [0, 0.1) is 6.92 Å². The average molecular weight is 437 g/mol. The van der Waals surface area contributed by atoms with Crippen molar-refractivity contribution in [2.75, 3.05) is 0 Å². The molecule has 0 saturated heterocycles. The van der Waals surface area contributed by atoms with E-state index in [0.29, 0.717) is 31.1 Å². The third-order valence-electron chi connectivity index (χ3n) is 5.42. The molecule has 164 valence electrons. The fourth-order valence-electron chi connectivity index (χ4n) is 3.70. The van der Waals surface area contributed by atoms with Gasteiger partial charge in [-0.25, -0.2) is 4.98 Å². The SMILES string of the molecule is Cc1ncc2oc(-c3ccc(CC(=O)Cc4cccc(OCc5ccccc5)c4)cc3)nn12. The van der Waals surface area contributed by atoms with E-state index in [9.17, 15) is 4.79 Å². The van der Waals surface area contributed by atoms with Gasteiger partial charge >= 0.3 is 0 Å². The molecule has 2 heterocycles. The van der Waals surface area contributed by atoms with Gasteiger partial charge in [-0.2, -0.15) is 4.52 Å². The molecule has 0 bridgehead atoms. The zero-order chi connectivity index (χ0) is 22.6. The number of fused-ring (bicyclic) bond motifs is 1. The van der Waals surface area contributed by atoms with E-state index in [0.717, 1.165) is 33.8 Å². The average Bonchev–Trinajstić information content (AvgIpc) is 3.41. The molecule has 0 N–H and O–H groups in total. The Bertz CT molecular complexity index is 1390. The number of aromatic nitrogens is 3. The molecular formula is C27H23N3O3. The summed E-state index contributed by atoms with van der Waals surface area (Å²) in [6.45, 7) is 2.38. The van der Waals surface area contributed by atoms with Crippen LogP contribution in [0.2, 0.25) is 0 Å². The molecule has 0 fully saturated rings. The lowest BCUT2D eigenvalue weighted by Crippen LogP contribution is -2.06. The molecule has 6 nitrogen and oxygen atoms in total. The van der Waals surface area contributed by atoms with Crippen LogP contribution in [0.3, 0.4) is 0 Å². The largest absolute Gasteiger partial charge is 0.489 e. The highest BCUT2D eigenvalue weighted by molar-refractivity contribution is 5.83. The standard InChI is InChI=1S/C27H23N3O3/c1-19-28-17-26-30(19)29-27(33-26)23-12-10-20(11-13-23)14-24(31)15-22-8-5-9-25(16-22)32-18-21-6-3-2-4-7-21/h2-13,16-17H,14-15,18H2,1H3. The summed E-state index contributed by atoms with van der Waals surface area (Å²) < 4.78 is 13.3. The number of nitrogens with zero attached hydrogens (tertiary/aromatic N) is 3. The van der Waals surface area contributed by atoms with Crippen LogP contribution >= 0.6 is 0 Å². The van der Waals surface area contributed by atoms with Crippen LogP contribution in [-0.4, -0.2) is 20.4 Å². The lowest BCUT2D eigenvalue weighted by atomic mass is 10.0. The molecule has 0 aliphatic rings. The quantitative estimate of drug-likeness (QED) is 0.332. The van der Waals surface area contributed by atoms with Gasteiger partial charge in [-0.05, 0) is 47.9 Å². The zero-order valence-electron chi connectivity index (χ0n) is 18.3. The van der Waals surface area contributed by atoms with Crippen molar-refractivity contribution in [3.05, 3.63) is 108 Å². The molecule has 0 aliphatic heterocycles. The summed E-state index contributed by atoms with van der Waals surface area (Å²) in [5.41, 5.74) is 4.48. The van der Waals surface area contributed by atoms with E-state index in [1.54, 1.807) is 10.7 Å². The smallest absolute Gasteiger partial charge is 0.246 e. The number of hydrogen-bond acceptors (Lipinski definition) is 5. The van der Waals surface area contributed by atoms with Gasteiger partial charge < -0.3 is 9.15 Å². The number of rotatable bonds is 8. The Kier molecular flexibility index (Phi) is 5.72.